The summed E-state index contributed by atoms with van der Waals surface area (Å²) < 4.78 is 50.2. The Hall–Kier alpha value is -5.61. The number of halogens is 1. The summed E-state index contributed by atoms with van der Waals surface area (Å²) in [5, 5.41) is 2.15. The van der Waals surface area contributed by atoms with E-state index in [9.17, 15) is 23.6 Å². The lowest BCUT2D eigenvalue weighted by molar-refractivity contribution is -0.132. The van der Waals surface area contributed by atoms with E-state index >= 15 is 0 Å². The normalized spacial score (nSPS) is 15.7. The fourth-order valence-electron chi connectivity index (χ4n) is 6.84. The highest BCUT2D eigenvalue weighted by Crippen LogP contribution is 2.33. The third-order valence-corrected chi connectivity index (χ3v) is 9.67. The number of rotatable bonds is 19. The van der Waals surface area contributed by atoms with E-state index in [-0.39, 0.29) is 68.5 Å². The van der Waals surface area contributed by atoms with Gasteiger partial charge in [0.15, 0.2) is 11.6 Å². The van der Waals surface area contributed by atoms with Gasteiger partial charge in [0, 0.05) is 53.9 Å². The first-order valence-corrected chi connectivity index (χ1v) is 18.4. The van der Waals surface area contributed by atoms with Crippen molar-refractivity contribution in [3.63, 3.8) is 0 Å². The van der Waals surface area contributed by atoms with E-state index in [2.05, 4.69) is 14.5 Å². The van der Waals surface area contributed by atoms with E-state index in [1.165, 1.54) is 18.2 Å². The van der Waals surface area contributed by atoms with Gasteiger partial charge >= 0.3 is 0 Å². The van der Waals surface area contributed by atoms with E-state index in [1.54, 1.807) is 18.5 Å². The Kier molecular flexibility index (Phi) is 12.4. The number of pyridine rings is 2. The number of Topliss-reactive ketones (excluding diaryl/α,β-unsaturated/α-hetero) is 2. The number of aromatic nitrogens is 3. The summed E-state index contributed by atoms with van der Waals surface area (Å²) in [6, 6.07) is 13.0. The number of ether oxygens (including phenoxy) is 6. The van der Waals surface area contributed by atoms with Crippen molar-refractivity contribution in [3.8, 4) is 22.8 Å². The molecule has 1 atom stereocenters. The van der Waals surface area contributed by atoms with Crippen LogP contribution in [0.25, 0.3) is 32.9 Å². The zero-order valence-corrected chi connectivity index (χ0v) is 30.9. The lowest BCUT2D eigenvalue weighted by Crippen LogP contribution is -2.47. The highest BCUT2D eigenvalue weighted by molar-refractivity contribution is 6.23. The standard InChI is InChI=1S/C41H41FN4O10/c1-45-35-8-9-43-25-33(35)30-5-2-26(21-37(30)45)27-20-34(42)39(44-24-27)56-19-17-54-15-13-52-11-10-51-12-14-53-16-18-55-29-4-6-31-32(23-29)41(50)46(40(31)49)36-7-3-28(47)22-38(36)48/h2,4-6,8-9,20-21,23-25,36H,3,7,10-19,22H2,1H3. The van der Waals surface area contributed by atoms with Crippen LogP contribution in [-0.4, -0.2) is 115 Å². The predicted octanol–water partition coefficient (Wildman–Crippen LogP) is 4.74. The van der Waals surface area contributed by atoms with Crippen LogP contribution in [0.5, 0.6) is 11.6 Å². The maximum absolute atomic E-state index is 14.9. The van der Waals surface area contributed by atoms with E-state index in [4.69, 9.17) is 28.4 Å². The van der Waals surface area contributed by atoms with Gasteiger partial charge in [-0.2, -0.15) is 0 Å². The van der Waals surface area contributed by atoms with Gasteiger partial charge < -0.3 is 33.0 Å². The second-order valence-corrected chi connectivity index (χ2v) is 13.3. The van der Waals surface area contributed by atoms with Crippen LogP contribution in [0.15, 0.2) is 67.1 Å². The molecule has 1 fully saturated rings. The van der Waals surface area contributed by atoms with Crippen LogP contribution in [0.2, 0.25) is 0 Å². The Balaban J connectivity index is 0.704. The molecule has 0 saturated heterocycles. The van der Waals surface area contributed by atoms with Crippen molar-refractivity contribution >= 4 is 45.2 Å². The quantitative estimate of drug-likeness (QED) is 0.0647. The number of fused-ring (bicyclic) bond motifs is 4. The minimum absolute atomic E-state index is 0.0853. The molecule has 0 spiro atoms. The number of aryl methyl sites for hydroxylation is 1. The molecule has 4 heterocycles. The van der Waals surface area contributed by atoms with Gasteiger partial charge in [-0.1, -0.05) is 12.1 Å². The number of carbonyl (C=O) groups excluding carboxylic acids is 4. The van der Waals surface area contributed by atoms with Gasteiger partial charge in [-0.25, -0.2) is 9.37 Å². The number of nitrogens with zero attached hydrogens (tertiary/aromatic N) is 4. The molecular weight excluding hydrogens is 727 g/mol. The first kappa shape index (κ1) is 38.7. The van der Waals surface area contributed by atoms with Crippen molar-refractivity contribution in [2.75, 3.05) is 66.1 Å². The molecule has 1 aliphatic heterocycles. The Morgan fingerprint density at radius 2 is 1.38 bits per heavy atom. The molecule has 7 rings (SSSR count). The molecule has 292 valence electrons. The molecule has 56 heavy (non-hydrogen) atoms. The second-order valence-electron chi connectivity index (χ2n) is 13.3. The first-order valence-electron chi connectivity index (χ1n) is 18.4. The summed E-state index contributed by atoms with van der Waals surface area (Å²) in [4.78, 5) is 59.1. The number of benzene rings is 2. The molecule has 1 unspecified atom stereocenters. The number of hydrogen-bond donors (Lipinski definition) is 0. The lowest BCUT2D eigenvalue weighted by Gasteiger charge is -2.27. The molecule has 2 amide bonds. The second kappa shape index (κ2) is 17.9. The first-order chi connectivity index (χ1) is 27.3. The van der Waals surface area contributed by atoms with Crippen LogP contribution >= 0.6 is 0 Å². The highest BCUT2D eigenvalue weighted by atomic mass is 19.1. The molecule has 0 bridgehead atoms. The third-order valence-electron chi connectivity index (χ3n) is 9.67. The van der Waals surface area contributed by atoms with Crippen molar-refractivity contribution in [1.29, 1.82) is 0 Å². The van der Waals surface area contributed by atoms with Gasteiger partial charge in [-0.15, -0.1) is 0 Å². The zero-order chi connectivity index (χ0) is 39.0. The van der Waals surface area contributed by atoms with Crippen LogP contribution in [0.1, 0.15) is 40.0 Å². The Morgan fingerprint density at radius 3 is 2.07 bits per heavy atom. The zero-order valence-electron chi connectivity index (χ0n) is 30.9. The summed E-state index contributed by atoms with van der Waals surface area (Å²) in [7, 11) is 2.00. The Labute approximate surface area is 321 Å². The molecule has 1 saturated carbocycles. The van der Waals surface area contributed by atoms with Crippen LogP contribution < -0.4 is 9.47 Å². The van der Waals surface area contributed by atoms with E-state index in [0.29, 0.717) is 51.0 Å². The van der Waals surface area contributed by atoms with Gasteiger partial charge in [-0.05, 0) is 48.4 Å². The minimum atomic E-state index is -0.913. The smallest absolute Gasteiger partial charge is 0.262 e. The van der Waals surface area contributed by atoms with Gasteiger partial charge in [0.05, 0.1) is 82.0 Å². The summed E-state index contributed by atoms with van der Waals surface area (Å²) in [5.41, 5.74) is 3.97. The SMILES string of the molecule is Cn1c2ccncc2c2ccc(-c3cnc(OCCOCCOCCOCCOCCOc4ccc5c(c4)C(=O)N(C4CCC(=O)CC4=O)C5=O)c(F)c3)cc21. The van der Waals surface area contributed by atoms with Crippen LogP contribution in [0, 0.1) is 5.82 Å². The van der Waals surface area contributed by atoms with Gasteiger partial charge in [0.1, 0.15) is 24.7 Å². The molecule has 14 nitrogen and oxygen atoms in total. The summed E-state index contributed by atoms with van der Waals surface area (Å²) in [6.07, 6.45) is 5.27. The van der Waals surface area contributed by atoms with Crippen molar-refractivity contribution < 1.29 is 52.0 Å². The summed E-state index contributed by atoms with van der Waals surface area (Å²) in [6.45, 7) is 3.00. The highest BCUT2D eigenvalue weighted by Gasteiger charge is 2.44. The van der Waals surface area contributed by atoms with E-state index < -0.39 is 29.5 Å². The van der Waals surface area contributed by atoms with E-state index in [1.807, 2.05) is 37.5 Å². The molecule has 0 radical (unpaired) electrons. The van der Waals surface area contributed by atoms with E-state index in [0.717, 1.165) is 32.3 Å². The molecule has 1 aliphatic carbocycles. The van der Waals surface area contributed by atoms with Crippen LogP contribution in [0.3, 0.4) is 0 Å². The van der Waals surface area contributed by atoms with Crippen LogP contribution in [0.4, 0.5) is 4.39 Å². The monoisotopic (exact) mass is 768 g/mol. The molecule has 2 aromatic carbocycles. The molecule has 15 heteroatoms. The Morgan fingerprint density at radius 1 is 0.696 bits per heavy atom. The molecule has 3 aromatic heterocycles. The number of carbonyl (C=O) groups is 4. The molecule has 5 aromatic rings. The van der Waals surface area contributed by atoms with Gasteiger partial charge in [0.25, 0.3) is 11.8 Å². The van der Waals surface area contributed by atoms with Crippen molar-refractivity contribution in [1.82, 2.24) is 19.4 Å². The van der Waals surface area contributed by atoms with Crippen molar-refractivity contribution in [3.05, 3.63) is 84.1 Å². The maximum atomic E-state index is 14.9. The largest absolute Gasteiger partial charge is 0.491 e. The number of hydrogen-bond acceptors (Lipinski definition) is 12. The molecular formula is C41H41FN4O10. The predicted molar refractivity (Wildman–Crippen MR) is 200 cm³/mol. The fraction of sp³-hybridized carbons (Fsp3) is 0.366. The Bertz CT molecular complexity index is 2260. The fourth-order valence-corrected chi connectivity index (χ4v) is 6.84. The van der Waals surface area contributed by atoms with Crippen molar-refractivity contribution in [2.24, 2.45) is 7.05 Å². The molecule has 2 aliphatic rings. The number of ketones is 2. The number of amides is 2. The van der Waals surface area contributed by atoms with Crippen molar-refractivity contribution in [2.45, 2.75) is 25.3 Å². The molecule has 0 N–H and O–H groups in total. The topological polar surface area (TPSA) is 158 Å². The minimum Gasteiger partial charge on any atom is -0.491 e. The number of imide groups is 1. The average Bonchev–Trinajstić information content (AvgIpc) is 3.62. The third kappa shape index (κ3) is 8.60. The average molecular weight is 769 g/mol. The van der Waals surface area contributed by atoms with Gasteiger partial charge in [-0.3, -0.25) is 29.1 Å². The lowest BCUT2D eigenvalue weighted by atomic mass is 9.92. The van der Waals surface area contributed by atoms with Gasteiger partial charge in [0.2, 0.25) is 5.88 Å². The van der Waals surface area contributed by atoms with Crippen LogP contribution in [-0.2, 0) is 35.6 Å². The summed E-state index contributed by atoms with van der Waals surface area (Å²) in [5.74, 6) is -1.92. The summed E-state index contributed by atoms with van der Waals surface area (Å²) >= 11 is 0. The maximum Gasteiger partial charge on any atom is 0.262 e.